The lowest BCUT2D eigenvalue weighted by Gasteiger charge is -2.29. The summed E-state index contributed by atoms with van der Waals surface area (Å²) in [4.78, 5) is 17.4. The fraction of sp³-hybridized carbons (Fsp3) is 0.737. The predicted molar refractivity (Wildman–Crippen MR) is 92.7 cm³/mol. The second-order valence-electron chi connectivity index (χ2n) is 7.64. The summed E-state index contributed by atoms with van der Waals surface area (Å²) in [5, 5.41) is 3.21. The molecule has 3 heterocycles. The summed E-state index contributed by atoms with van der Waals surface area (Å²) in [6.45, 7) is 4.01. The van der Waals surface area contributed by atoms with Crippen molar-refractivity contribution in [2.24, 2.45) is 5.92 Å². The first-order valence-corrected chi connectivity index (χ1v) is 9.63. The molecule has 1 aromatic heterocycles. The highest BCUT2D eigenvalue weighted by Crippen LogP contribution is 2.32. The average Bonchev–Trinajstić information content (AvgIpc) is 3.19. The van der Waals surface area contributed by atoms with Crippen molar-refractivity contribution in [2.75, 3.05) is 26.2 Å². The highest BCUT2D eigenvalue weighted by molar-refractivity contribution is 5.74. The molecule has 2 aliphatic heterocycles. The van der Waals surface area contributed by atoms with Gasteiger partial charge in [0, 0.05) is 25.7 Å². The summed E-state index contributed by atoms with van der Waals surface area (Å²) in [6.07, 6.45) is 10.1. The number of carbonyl (C=O) groups excluding carboxylic acids is 1. The number of nitrogens with zero attached hydrogens (tertiary/aromatic N) is 2. The highest BCUT2D eigenvalue weighted by atomic mass is 16.3. The number of nitrogens with one attached hydrogen (secondary N) is 1. The van der Waals surface area contributed by atoms with Crippen LogP contribution < -0.4 is 5.32 Å². The van der Waals surface area contributed by atoms with Gasteiger partial charge in [-0.3, -0.25) is 0 Å². The highest BCUT2D eigenvalue weighted by Gasteiger charge is 2.35. The fourth-order valence-electron chi connectivity index (χ4n) is 4.26. The lowest BCUT2D eigenvalue weighted by molar-refractivity contribution is 0.164. The minimum absolute atomic E-state index is 0.0863. The van der Waals surface area contributed by atoms with Gasteiger partial charge in [0.25, 0.3) is 0 Å². The van der Waals surface area contributed by atoms with Crippen LogP contribution in [0.25, 0.3) is 0 Å². The Hall–Kier alpha value is -1.49. The summed E-state index contributed by atoms with van der Waals surface area (Å²) >= 11 is 0. The van der Waals surface area contributed by atoms with Crippen molar-refractivity contribution in [1.82, 2.24) is 15.1 Å². The molecule has 0 bridgehead atoms. The van der Waals surface area contributed by atoms with E-state index in [1.807, 2.05) is 17.0 Å². The predicted octanol–water partition coefficient (Wildman–Crippen LogP) is 3.39. The molecule has 2 atom stereocenters. The van der Waals surface area contributed by atoms with E-state index in [4.69, 9.17) is 4.42 Å². The molecule has 2 amide bonds. The lowest BCUT2D eigenvalue weighted by atomic mass is 10.1. The largest absolute Gasteiger partial charge is 0.467 e. The van der Waals surface area contributed by atoms with Crippen molar-refractivity contribution >= 4 is 6.03 Å². The van der Waals surface area contributed by atoms with Gasteiger partial charge in [-0.2, -0.15) is 0 Å². The molecule has 24 heavy (non-hydrogen) atoms. The zero-order valence-corrected chi connectivity index (χ0v) is 14.5. The zero-order valence-electron chi connectivity index (χ0n) is 14.5. The molecular weight excluding hydrogens is 302 g/mol. The van der Waals surface area contributed by atoms with Crippen LogP contribution in [0, 0.1) is 5.92 Å². The van der Waals surface area contributed by atoms with Crippen molar-refractivity contribution in [2.45, 2.75) is 57.0 Å². The van der Waals surface area contributed by atoms with Crippen LogP contribution in [0.3, 0.4) is 0 Å². The van der Waals surface area contributed by atoms with E-state index < -0.39 is 0 Å². The van der Waals surface area contributed by atoms with Crippen LogP contribution in [-0.2, 0) is 0 Å². The number of rotatable bonds is 4. The molecule has 5 heteroatoms. The van der Waals surface area contributed by atoms with Crippen molar-refractivity contribution in [3.8, 4) is 0 Å². The smallest absolute Gasteiger partial charge is 0.318 e. The second-order valence-corrected chi connectivity index (χ2v) is 7.64. The summed E-state index contributed by atoms with van der Waals surface area (Å²) in [7, 11) is 0. The molecule has 1 N–H and O–H groups in total. The van der Waals surface area contributed by atoms with Gasteiger partial charge in [0.05, 0.1) is 12.3 Å². The molecule has 5 nitrogen and oxygen atoms in total. The van der Waals surface area contributed by atoms with Gasteiger partial charge in [-0.1, -0.05) is 12.8 Å². The quantitative estimate of drug-likeness (QED) is 0.920. The van der Waals surface area contributed by atoms with Gasteiger partial charge < -0.3 is 19.5 Å². The minimum Gasteiger partial charge on any atom is -0.467 e. The van der Waals surface area contributed by atoms with E-state index in [1.54, 1.807) is 6.26 Å². The van der Waals surface area contributed by atoms with Crippen molar-refractivity contribution in [1.29, 1.82) is 0 Å². The molecular formula is C19H29N3O2. The Kier molecular flexibility index (Phi) is 4.79. The first kappa shape index (κ1) is 16.0. The molecule has 1 aromatic rings. The summed E-state index contributed by atoms with van der Waals surface area (Å²) in [5.41, 5.74) is 0. The maximum Gasteiger partial charge on any atom is 0.318 e. The average molecular weight is 331 g/mol. The second kappa shape index (κ2) is 7.18. The van der Waals surface area contributed by atoms with Crippen LogP contribution in [0.5, 0.6) is 0 Å². The molecule has 3 fully saturated rings. The standard InChI is InChI=1S/C19H29N3O2/c23-19(20-13-15-9-11-21(14-15)16-7-8-16)22-10-3-1-2-5-17(22)18-6-4-12-24-18/h4,6,12,15-17H,1-3,5,7-11,13-14H2,(H,20,23)/t15-,17-/m1/s1. The topological polar surface area (TPSA) is 48.7 Å². The van der Waals surface area contributed by atoms with Crippen LogP contribution in [0.4, 0.5) is 4.79 Å². The van der Waals surface area contributed by atoms with Crippen molar-refractivity contribution in [3.63, 3.8) is 0 Å². The van der Waals surface area contributed by atoms with Crippen LogP contribution in [0.1, 0.15) is 56.7 Å². The summed E-state index contributed by atoms with van der Waals surface area (Å²) in [6, 6.07) is 4.94. The molecule has 0 spiro atoms. The number of likely N-dealkylation sites (tertiary alicyclic amines) is 2. The van der Waals surface area contributed by atoms with Gasteiger partial charge in [-0.15, -0.1) is 0 Å². The third-order valence-electron chi connectivity index (χ3n) is 5.81. The van der Waals surface area contributed by atoms with Crippen molar-refractivity contribution < 1.29 is 9.21 Å². The van der Waals surface area contributed by atoms with E-state index in [0.717, 1.165) is 50.7 Å². The van der Waals surface area contributed by atoms with Gasteiger partial charge in [0.15, 0.2) is 0 Å². The number of amides is 2. The van der Waals surface area contributed by atoms with Crippen LogP contribution in [0.2, 0.25) is 0 Å². The molecule has 132 valence electrons. The van der Waals surface area contributed by atoms with E-state index in [-0.39, 0.29) is 12.1 Å². The van der Waals surface area contributed by atoms with E-state index >= 15 is 0 Å². The first-order valence-electron chi connectivity index (χ1n) is 9.63. The molecule has 3 aliphatic rings. The monoisotopic (exact) mass is 331 g/mol. The third-order valence-corrected chi connectivity index (χ3v) is 5.81. The van der Waals surface area contributed by atoms with Gasteiger partial charge in [-0.25, -0.2) is 4.79 Å². The Morgan fingerprint density at radius 1 is 1.17 bits per heavy atom. The number of carbonyl (C=O) groups is 1. The normalized spacial score (nSPS) is 28.8. The maximum absolute atomic E-state index is 12.8. The minimum atomic E-state index is 0.0863. The molecule has 0 radical (unpaired) electrons. The molecule has 1 aliphatic carbocycles. The summed E-state index contributed by atoms with van der Waals surface area (Å²) in [5.74, 6) is 1.54. The van der Waals surface area contributed by atoms with Gasteiger partial charge in [0.2, 0.25) is 0 Å². The number of hydrogen-bond acceptors (Lipinski definition) is 3. The van der Waals surface area contributed by atoms with Gasteiger partial charge in [-0.05, 0) is 56.7 Å². The SMILES string of the molecule is O=C(NC[C@H]1CCN(C2CC2)C1)N1CCCCC[C@@H]1c1ccco1. The zero-order chi connectivity index (χ0) is 16.4. The molecule has 1 saturated carbocycles. The Morgan fingerprint density at radius 3 is 2.88 bits per heavy atom. The Balaban J connectivity index is 1.33. The molecule has 0 unspecified atom stereocenters. The summed E-state index contributed by atoms with van der Waals surface area (Å²) < 4.78 is 5.61. The van der Waals surface area contributed by atoms with Crippen LogP contribution >= 0.6 is 0 Å². The van der Waals surface area contributed by atoms with E-state index in [2.05, 4.69) is 10.2 Å². The van der Waals surface area contributed by atoms with Gasteiger partial charge >= 0.3 is 6.03 Å². The van der Waals surface area contributed by atoms with Gasteiger partial charge in [0.1, 0.15) is 5.76 Å². The molecule has 0 aromatic carbocycles. The Bertz CT molecular complexity index is 541. The van der Waals surface area contributed by atoms with E-state index in [1.165, 1.54) is 32.2 Å². The Morgan fingerprint density at radius 2 is 2.08 bits per heavy atom. The maximum atomic E-state index is 12.8. The number of furan rings is 1. The van der Waals surface area contributed by atoms with E-state index in [9.17, 15) is 4.79 Å². The number of hydrogen-bond donors (Lipinski definition) is 1. The van der Waals surface area contributed by atoms with E-state index in [0.29, 0.717) is 5.92 Å². The third kappa shape index (κ3) is 3.61. The number of urea groups is 1. The molecule has 2 saturated heterocycles. The van der Waals surface area contributed by atoms with Crippen LogP contribution in [0.15, 0.2) is 22.8 Å². The lowest BCUT2D eigenvalue weighted by Crippen LogP contribution is -2.44. The fourth-order valence-corrected chi connectivity index (χ4v) is 4.26. The van der Waals surface area contributed by atoms with Crippen LogP contribution in [-0.4, -0.2) is 48.1 Å². The Labute approximate surface area is 144 Å². The van der Waals surface area contributed by atoms with Crippen molar-refractivity contribution in [3.05, 3.63) is 24.2 Å². The first-order chi connectivity index (χ1) is 11.8. The molecule has 4 rings (SSSR count).